The number of rotatable bonds is 5. The first-order valence-corrected chi connectivity index (χ1v) is 5.88. The van der Waals surface area contributed by atoms with Crippen molar-refractivity contribution >= 4 is 17.7 Å². The summed E-state index contributed by atoms with van der Waals surface area (Å²) >= 11 is 0. The first-order chi connectivity index (χ1) is 9.06. The summed E-state index contributed by atoms with van der Waals surface area (Å²) in [6, 6.07) is 4.44. The summed E-state index contributed by atoms with van der Waals surface area (Å²) in [5.74, 6) is 0.736. The van der Waals surface area contributed by atoms with Crippen molar-refractivity contribution in [3.05, 3.63) is 18.2 Å². The molecule has 2 amide bonds. The molecule has 0 radical (unpaired) electrons. The molecule has 0 unspecified atom stereocenters. The second-order valence-corrected chi connectivity index (χ2v) is 3.52. The number of nitrogens with one attached hydrogen (secondary N) is 3. The molecule has 0 saturated heterocycles. The summed E-state index contributed by atoms with van der Waals surface area (Å²) < 4.78 is 10.8. The SMILES string of the molecule is CCOc1ccc(NC(=O)NC(=N)N)cc1OCC. The van der Waals surface area contributed by atoms with Crippen molar-refractivity contribution in [2.45, 2.75) is 13.8 Å². The number of ether oxygens (including phenoxy) is 2. The Morgan fingerprint density at radius 2 is 1.89 bits per heavy atom. The van der Waals surface area contributed by atoms with Crippen molar-refractivity contribution in [2.24, 2.45) is 5.73 Å². The number of amides is 2. The molecule has 0 aliphatic carbocycles. The van der Waals surface area contributed by atoms with Gasteiger partial charge in [-0.1, -0.05) is 0 Å². The van der Waals surface area contributed by atoms with Crippen molar-refractivity contribution in [1.82, 2.24) is 5.32 Å². The van der Waals surface area contributed by atoms with Crippen LogP contribution in [0.25, 0.3) is 0 Å². The molecule has 0 heterocycles. The van der Waals surface area contributed by atoms with Crippen LogP contribution in [-0.2, 0) is 0 Å². The fourth-order valence-electron chi connectivity index (χ4n) is 1.41. The molecule has 1 rings (SSSR count). The molecule has 0 saturated carbocycles. The van der Waals surface area contributed by atoms with Gasteiger partial charge in [0.05, 0.1) is 13.2 Å². The first kappa shape index (κ1) is 14.6. The summed E-state index contributed by atoms with van der Waals surface area (Å²) in [7, 11) is 0. The van der Waals surface area contributed by atoms with Crippen LogP contribution in [0.3, 0.4) is 0 Å². The van der Waals surface area contributed by atoms with Gasteiger partial charge in [0, 0.05) is 11.8 Å². The highest BCUT2D eigenvalue weighted by Crippen LogP contribution is 2.30. The second kappa shape index (κ2) is 7.10. The van der Waals surface area contributed by atoms with E-state index in [0.717, 1.165) is 0 Å². The molecule has 0 aliphatic heterocycles. The minimum absolute atomic E-state index is 0.423. The van der Waals surface area contributed by atoms with Crippen LogP contribution in [0, 0.1) is 5.41 Å². The zero-order valence-electron chi connectivity index (χ0n) is 10.9. The fraction of sp³-hybridized carbons (Fsp3) is 0.333. The van der Waals surface area contributed by atoms with Gasteiger partial charge in [-0.3, -0.25) is 10.7 Å². The zero-order chi connectivity index (χ0) is 14.3. The lowest BCUT2D eigenvalue weighted by atomic mass is 10.2. The molecule has 7 nitrogen and oxygen atoms in total. The van der Waals surface area contributed by atoms with Gasteiger partial charge < -0.3 is 20.5 Å². The number of guanidine groups is 1. The van der Waals surface area contributed by atoms with Gasteiger partial charge in [0.25, 0.3) is 0 Å². The maximum absolute atomic E-state index is 11.4. The lowest BCUT2D eigenvalue weighted by molar-refractivity contribution is 0.256. The van der Waals surface area contributed by atoms with Gasteiger partial charge in [0.2, 0.25) is 0 Å². The van der Waals surface area contributed by atoms with Crippen LogP contribution in [0.1, 0.15) is 13.8 Å². The quantitative estimate of drug-likeness (QED) is 0.478. The van der Waals surface area contributed by atoms with Crippen LogP contribution in [0.5, 0.6) is 11.5 Å². The van der Waals surface area contributed by atoms with Gasteiger partial charge in [-0.25, -0.2) is 4.79 Å². The summed E-state index contributed by atoms with van der Waals surface area (Å²) in [4.78, 5) is 11.4. The summed E-state index contributed by atoms with van der Waals surface area (Å²) in [6.45, 7) is 4.75. The number of hydrogen-bond donors (Lipinski definition) is 4. The zero-order valence-corrected chi connectivity index (χ0v) is 10.9. The Morgan fingerprint density at radius 1 is 1.26 bits per heavy atom. The summed E-state index contributed by atoms with van der Waals surface area (Å²) in [6.07, 6.45) is 0. The molecular weight excluding hydrogens is 248 g/mol. The minimum atomic E-state index is -0.584. The molecule has 7 heteroatoms. The van der Waals surface area contributed by atoms with Gasteiger partial charge in [-0.05, 0) is 26.0 Å². The smallest absolute Gasteiger partial charge is 0.325 e. The number of carbonyl (C=O) groups excluding carboxylic acids is 1. The Labute approximate surface area is 111 Å². The Bertz CT molecular complexity index is 462. The molecule has 0 spiro atoms. The van der Waals surface area contributed by atoms with E-state index in [9.17, 15) is 4.79 Å². The second-order valence-electron chi connectivity index (χ2n) is 3.52. The van der Waals surface area contributed by atoms with Crippen LogP contribution in [0.2, 0.25) is 0 Å². The monoisotopic (exact) mass is 266 g/mol. The van der Waals surface area contributed by atoms with Gasteiger partial charge in [-0.15, -0.1) is 0 Å². The topological polar surface area (TPSA) is 109 Å². The number of carbonyl (C=O) groups is 1. The van der Waals surface area contributed by atoms with Crippen LogP contribution in [0.4, 0.5) is 10.5 Å². The number of anilines is 1. The molecule has 1 aromatic rings. The molecule has 5 N–H and O–H groups in total. The molecule has 0 aromatic heterocycles. The predicted octanol–water partition coefficient (Wildman–Crippen LogP) is 1.50. The summed E-state index contributed by atoms with van der Waals surface area (Å²) in [5, 5.41) is 11.6. The molecule has 19 heavy (non-hydrogen) atoms. The van der Waals surface area contributed by atoms with E-state index < -0.39 is 12.0 Å². The largest absolute Gasteiger partial charge is 0.490 e. The van der Waals surface area contributed by atoms with Crippen molar-refractivity contribution < 1.29 is 14.3 Å². The van der Waals surface area contributed by atoms with Crippen LogP contribution < -0.4 is 25.8 Å². The van der Waals surface area contributed by atoms with Crippen molar-refractivity contribution in [3.8, 4) is 11.5 Å². The van der Waals surface area contributed by atoms with E-state index in [0.29, 0.717) is 30.4 Å². The predicted molar refractivity (Wildman–Crippen MR) is 72.8 cm³/mol. The van der Waals surface area contributed by atoms with Gasteiger partial charge >= 0.3 is 6.03 Å². The van der Waals surface area contributed by atoms with Crippen LogP contribution >= 0.6 is 0 Å². The fourth-order valence-corrected chi connectivity index (χ4v) is 1.41. The van der Waals surface area contributed by atoms with E-state index in [1.54, 1.807) is 18.2 Å². The Hall–Kier alpha value is -2.44. The number of nitrogens with two attached hydrogens (primary N) is 1. The van der Waals surface area contributed by atoms with Crippen molar-refractivity contribution in [3.63, 3.8) is 0 Å². The van der Waals surface area contributed by atoms with Crippen LogP contribution in [0.15, 0.2) is 18.2 Å². The van der Waals surface area contributed by atoms with E-state index in [1.165, 1.54) is 0 Å². The lowest BCUT2D eigenvalue weighted by Crippen LogP contribution is -2.38. The minimum Gasteiger partial charge on any atom is -0.490 e. The number of hydrogen-bond acceptors (Lipinski definition) is 4. The number of benzene rings is 1. The number of urea groups is 1. The average Bonchev–Trinajstić information content (AvgIpc) is 2.32. The van der Waals surface area contributed by atoms with Crippen molar-refractivity contribution in [2.75, 3.05) is 18.5 Å². The molecule has 0 atom stereocenters. The molecule has 1 aromatic carbocycles. The van der Waals surface area contributed by atoms with E-state index >= 15 is 0 Å². The third-order valence-electron chi connectivity index (χ3n) is 2.05. The Balaban J connectivity index is 2.82. The molecule has 0 fully saturated rings. The maximum Gasteiger partial charge on any atom is 0.325 e. The first-order valence-electron chi connectivity index (χ1n) is 5.88. The molecule has 104 valence electrons. The summed E-state index contributed by atoms with van der Waals surface area (Å²) in [5.41, 5.74) is 5.57. The van der Waals surface area contributed by atoms with Crippen molar-refractivity contribution in [1.29, 1.82) is 5.41 Å². The highest BCUT2D eigenvalue weighted by molar-refractivity contribution is 6.00. The average molecular weight is 266 g/mol. The molecular formula is C12H18N4O3. The Morgan fingerprint density at radius 3 is 2.47 bits per heavy atom. The standard InChI is InChI=1S/C12H18N4O3/c1-3-18-9-6-5-8(7-10(9)19-4-2)15-12(17)16-11(13)14/h5-7H,3-4H2,1-2H3,(H5,13,14,15,16,17). The highest BCUT2D eigenvalue weighted by atomic mass is 16.5. The Kier molecular flexibility index (Phi) is 5.46. The third-order valence-corrected chi connectivity index (χ3v) is 2.05. The van der Waals surface area contributed by atoms with Gasteiger partial charge in [-0.2, -0.15) is 0 Å². The van der Waals surface area contributed by atoms with E-state index in [1.807, 2.05) is 13.8 Å². The van der Waals surface area contributed by atoms with E-state index in [2.05, 4.69) is 10.6 Å². The normalized spacial score (nSPS) is 9.58. The van der Waals surface area contributed by atoms with Crippen LogP contribution in [-0.4, -0.2) is 25.2 Å². The van der Waals surface area contributed by atoms with Gasteiger partial charge in [0.15, 0.2) is 17.5 Å². The highest BCUT2D eigenvalue weighted by Gasteiger charge is 2.08. The van der Waals surface area contributed by atoms with Gasteiger partial charge in [0.1, 0.15) is 0 Å². The molecule has 0 bridgehead atoms. The third kappa shape index (κ3) is 4.74. The lowest BCUT2D eigenvalue weighted by Gasteiger charge is -2.13. The van der Waals surface area contributed by atoms with E-state index in [4.69, 9.17) is 20.6 Å². The molecule has 0 aliphatic rings. The van der Waals surface area contributed by atoms with E-state index in [-0.39, 0.29) is 0 Å². The maximum atomic E-state index is 11.4.